The van der Waals surface area contributed by atoms with Gasteiger partial charge in [0.05, 0.1) is 13.2 Å². The molecule has 0 N–H and O–H groups in total. The molecule has 0 radical (unpaired) electrons. The predicted molar refractivity (Wildman–Crippen MR) is 112 cm³/mol. The van der Waals surface area contributed by atoms with E-state index in [-0.39, 0.29) is 11.8 Å². The molecule has 2 heterocycles. The average Bonchev–Trinajstić information content (AvgIpc) is 2.79. The van der Waals surface area contributed by atoms with Crippen LogP contribution in [0.1, 0.15) is 26.3 Å². The molecule has 0 aromatic heterocycles. The molecule has 0 aliphatic carbocycles. The van der Waals surface area contributed by atoms with Crippen molar-refractivity contribution in [1.82, 2.24) is 9.80 Å². The molecule has 0 saturated carbocycles. The van der Waals surface area contributed by atoms with Crippen LogP contribution >= 0.6 is 0 Å². The van der Waals surface area contributed by atoms with E-state index in [0.717, 1.165) is 13.1 Å². The first-order valence-corrected chi connectivity index (χ1v) is 10.2. The highest BCUT2D eigenvalue weighted by Crippen LogP contribution is 2.19. The smallest absolute Gasteiger partial charge is 0.254 e. The zero-order valence-corrected chi connectivity index (χ0v) is 16.8. The summed E-state index contributed by atoms with van der Waals surface area (Å²) in [7, 11) is 0. The third kappa shape index (κ3) is 4.43. The fourth-order valence-corrected chi connectivity index (χ4v) is 3.91. The number of amides is 2. The standard InChI is InChI=1S/C23H27N3O3/c1-18-4-2-7-21(16-18)24-8-10-25(11-9-24)22(27)19-5-3-6-20(17-19)23(28)26-12-14-29-15-13-26/h2-7,16-17H,8-15H2,1H3. The Bertz CT molecular complexity index is 884. The number of hydrogen-bond acceptors (Lipinski definition) is 4. The van der Waals surface area contributed by atoms with Gasteiger partial charge in [-0.1, -0.05) is 18.2 Å². The van der Waals surface area contributed by atoms with E-state index in [1.54, 1.807) is 29.2 Å². The van der Waals surface area contributed by atoms with Crippen molar-refractivity contribution in [3.8, 4) is 0 Å². The maximum Gasteiger partial charge on any atom is 0.254 e. The van der Waals surface area contributed by atoms with Crippen LogP contribution in [-0.2, 0) is 4.74 Å². The van der Waals surface area contributed by atoms with Gasteiger partial charge in [0.25, 0.3) is 11.8 Å². The van der Waals surface area contributed by atoms with Crippen molar-refractivity contribution in [2.45, 2.75) is 6.92 Å². The number of piperazine rings is 1. The van der Waals surface area contributed by atoms with E-state index in [1.165, 1.54) is 11.3 Å². The third-order valence-corrected chi connectivity index (χ3v) is 5.59. The molecule has 2 aliphatic heterocycles. The van der Waals surface area contributed by atoms with Crippen molar-refractivity contribution < 1.29 is 14.3 Å². The van der Waals surface area contributed by atoms with Crippen molar-refractivity contribution in [2.24, 2.45) is 0 Å². The highest BCUT2D eigenvalue weighted by atomic mass is 16.5. The summed E-state index contributed by atoms with van der Waals surface area (Å²) in [6, 6.07) is 15.6. The number of morpholine rings is 1. The number of aryl methyl sites for hydroxylation is 1. The summed E-state index contributed by atoms with van der Waals surface area (Å²) in [5.41, 5.74) is 3.59. The zero-order chi connectivity index (χ0) is 20.2. The fourth-order valence-electron chi connectivity index (χ4n) is 3.91. The fraction of sp³-hybridized carbons (Fsp3) is 0.391. The summed E-state index contributed by atoms with van der Waals surface area (Å²) in [4.78, 5) is 31.7. The van der Waals surface area contributed by atoms with E-state index in [4.69, 9.17) is 4.74 Å². The quantitative estimate of drug-likeness (QED) is 0.804. The van der Waals surface area contributed by atoms with Gasteiger partial charge in [-0.25, -0.2) is 0 Å². The van der Waals surface area contributed by atoms with Crippen molar-refractivity contribution >= 4 is 17.5 Å². The van der Waals surface area contributed by atoms with E-state index in [1.807, 2.05) is 4.90 Å². The Morgan fingerprint density at radius 3 is 1.97 bits per heavy atom. The first-order valence-electron chi connectivity index (χ1n) is 10.2. The van der Waals surface area contributed by atoms with Gasteiger partial charge in [-0.2, -0.15) is 0 Å². The molecule has 152 valence electrons. The number of carbonyl (C=O) groups is 2. The highest BCUT2D eigenvalue weighted by Gasteiger charge is 2.24. The van der Waals surface area contributed by atoms with Crippen molar-refractivity contribution in [3.05, 3.63) is 65.2 Å². The zero-order valence-electron chi connectivity index (χ0n) is 16.8. The number of benzene rings is 2. The number of rotatable bonds is 3. The van der Waals surface area contributed by atoms with Crippen LogP contribution in [-0.4, -0.2) is 74.1 Å². The lowest BCUT2D eigenvalue weighted by molar-refractivity contribution is 0.0303. The van der Waals surface area contributed by atoms with Crippen LogP contribution in [0.15, 0.2) is 48.5 Å². The van der Waals surface area contributed by atoms with Gasteiger partial charge in [0.15, 0.2) is 0 Å². The Labute approximate surface area is 171 Å². The molecule has 29 heavy (non-hydrogen) atoms. The maximum absolute atomic E-state index is 13.0. The summed E-state index contributed by atoms with van der Waals surface area (Å²) in [5, 5.41) is 0. The molecule has 2 aliphatic rings. The first-order chi connectivity index (χ1) is 14.1. The van der Waals surface area contributed by atoms with E-state index >= 15 is 0 Å². The van der Waals surface area contributed by atoms with E-state index in [0.29, 0.717) is 50.5 Å². The lowest BCUT2D eigenvalue weighted by Gasteiger charge is -2.36. The molecule has 2 aromatic carbocycles. The molecular weight excluding hydrogens is 366 g/mol. The van der Waals surface area contributed by atoms with E-state index in [9.17, 15) is 9.59 Å². The summed E-state index contributed by atoms with van der Waals surface area (Å²) in [5.74, 6) is -0.0438. The molecule has 6 heteroatoms. The van der Waals surface area contributed by atoms with Crippen LogP contribution in [0.3, 0.4) is 0 Å². The molecule has 0 bridgehead atoms. The molecule has 0 atom stereocenters. The van der Waals surface area contributed by atoms with Gasteiger partial charge in [0.2, 0.25) is 0 Å². The van der Waals surface area contributed by atoms with Crippen LogP contribution in [0.5, 0.6) is 0 Å². The second kappa shape index (κ2) is 8.66. The number of nitrogens with zero attached hydrogens (tertiary/aromatic N) is 3. The molecule has 2 aromatic rings. The summed E-state index contributed by atoms with van der Waals surface area (Å²) < 4.78 is 5.32. The maximum atomic E-state index is 13.0. The number of carbonyl (C=O) groups excluding carboxylic acids is 2. The van der Waals surface area contributed by atoms with Crippen LogP contribution in [0.25, 0.3) is 0 Å². The minimum absolute atomic E-state index is 0.00878. The minimum Gasteiger partial charge on any atom is -0.378 e. The van der Waals surface area contributed by atoms with Crippen LogP contribution in [0.4, 0.5) is 5.69 Å². The van der Waals surface area contributed by atoms with Gasteiger partial charge in [-0.3, -0.25) is 9.59 Å². The second-order valence-electron chi connectivity index (χ2n) is 7.60. The van der Waals surface area contributed by atoms with E-state index < -0.39 is 0 Å². The Morgan fingerprint density at radius 1 is 0.759 bits per heavy atom. The van der Waals surface area contributed by atoms with Gasteiger partial charge in [-0.15, -0.1) is 0 Å². The van der Waals surface area contributed by atoms with Gasteiger partial charge in [0.1, 0.15) is 0 Å². The third-order valence-electron chi connectivity index (χ3n) is 5.59. The van der Waals surface area contributed by atoms with Gasteiger partial charge in [0, 0.05) is 56.1 Å². The Morgan fingerprint density at radius 2 is 1.34 bits per heavy atom. The number of hydrogen-bond donors (Lipinski definition) is 0. The molecule has 0 unspecified atom stereocenters. The number of anilines is 1. The lowest BCUT2D eigenvalue weighted by atomic mass is 10.1. The minimum atomic E-state index is -0.0350. The monoisotopic (exact) mass is 393 g/mol. The topological polar surface area (TPSA) is 53.1 Å². The molecule has 2 amide bonds. The van der Waals surface area contributed by atoms with Crippen molar-refractivity contribution in [1.29, 1.82) is 0 Å². The highest BCUT2D eigenvalue weighted by molar-refractivity contribution is 5.99. The summed E-state index contributed by atoms with van der Waals surface area (Å²) in [6.45, 7) is 7.38. The van der Waals surface area contributed by atoms with Gasteiger partial charge >= 0.3 is 0 Å². The van der Waals surface area contributed by atoms with Crippen LogP contribution in [0.2, 0.25) is 0 Å². The molecule has 6 nitrogen and oxygen atoms in total. The largest absolute Gasteiger partial charge is 0.378 e. The lowest BCUT2D eigenvalue weighted by Crippen LogP contribution is -2.48. The normalized spacial score (nSPS) is 17.3. The molecule has 4 rings (SSSR count). The second-order valence-corrected chi connectivity index (χ2v) is 7.60. The van der Waals surface area contributed by atoms with Crippen LogP contribution < -0.4 is 4.90 Å². The van der Waals surface area contributed by atoms with Crippen LogP contribution in [0, 0.1) is 6.92 Å². The molecule has 0 spiro atoms. The van der Waals surface area contributed by atoms with Crippen molar-refractivity contribution in [2.75, 3.05) is 57.4 Å². The van der Waals surface area contributed by atoms with E-state index in [2.05, 4.69) is 36.1 Å². The first kappa shape index (κ1) is 19.5. The molecular formula is C23H27N3O3. The Balaban J connectivity index is 1.40. The number of ether oxygens (including phenoxy) is 1. The molecule has 2 fully saturated rings. The summed E-state index contributed by atoms with van der Waals surface area (Å²) >= 11 is 0. The predicted octanol–water partition coefficient (Wildman–Crippen LogP) is 2.43. The summed E-state index contributed by atoms with van der Waals surface area (Å²) in [6.07, 6.45) is 0. The molecule has 2 saturated heterocycles. The average molecular weight is 393 g/mol. The Hall–Kier alpha value is -2.86. The SMILES string of the molecule is Cc1cccc(N2CCN(C(=O)c3cccc(C(=O)N4CCOCC4)c3)CC2)c1. The Kier molecular flexibility index (Phi) is 5.81. The van der Waals surface area contributed by atoms with Gasteiger partial charge < -0.3 is 19.4 Å². The van der Waals surface area contributed by atoms with Gasteiger partial charge in [-0.05, 0) is 42.8 Å². The van der Waals surface area contributed by atoms with Crippen molar-refractivity contribution in [3.63, 3.8) is 0 Å².